The molecule has 1 rings (SSSR count). The van der Waals surface area contributed by atoms with E-state index in [9.17, 15) is 0 Å². The minimum atomic E-state index is 0. The molecule has 0 atom stereocenters. The van der Waals surface area contributed by atoms with Crippen molar-refractivity contribution in [3.63, 3.8) is 0 Å². The third kappa shape index (κ3) is 2.39. The Morgan fingerprint density at radius 1 is 1.44 bits per heavy atom. The van der Waals surface area contributed by atoms with E-state index in [1.165, 1.54) is 12.0 Å². The summed E-state index contributed by atoms with van der Waals surface area (Å²) < 4.78 is 1.59. The summed E-state index contributed by atoms with van der Waals surface area (Å²) in [6, 6.07) is 0. The van der Waals surface area contributed by atoms with Crippen LogP contribution in [0.5, 0.6) is 0 Å². The zero-order chi connectivity index (χ0) is 6.15. The van der Waals surface area contributed by atoms with Crippen LogP contribution in [0.2, 0.25) is 0 Å². The Hall–Kier alpha value is 0.653. The molecule has 9 heavy (non-hydrogen) atoms. The third-order valence-corrected chi connectivity index (χ3v) is 2.31. The van der Waals surface area contributed by atoms with Gasteiger partial charge in [0.15, 0.2) is 0 Å². The van der Waals surface area contributed by atoms with Gasteiger partial charge in [0.05, 0.1) is 0 Å². The van der Waals surface area contributed by atoms with E-state index in [1.54, 1.807) is 33.6 Å². The van der Waals surface area contributed by atoms with Crippen molar-refractivity contribution in [2.24, 2.45) is 0 Å². The summed E-state index contributed by atoms with van der Waals surface area (Å²) in [5.41, 5.74) is 3.04. The molecule has 0 aromatic rings. The first kappa shape index (κ1) is 9.65. The van der Waals surface area contributed by atoms with E-state index in [-0.39, 0.29) is 12.4 Å². The molecule has 49 valence electrons. The van der Waals surface area contributed by atoms with Crippen molar-refractivity contribution in [1.29, 1.82) is 0 Å². The van der Waals surface area contributed by atoms with Gasteiger partial charge in [0, 0.05) is 0 Å². The third-order valence-electron chi connectivity index (χ3n) is 1.52. The molecule has 2 heteroatoms. The summed E-state index contributed by atoms with van der Waals surface area (Å²) >= 11 is 1.58. The van der Waals surface area contributed by atoms with Crippen LogP contribution in [0.15, 0.2) is 20.5 Å². The predicted molar refractivity (Wildman–Crippen MR) is 38.3 cm³/mol. The molecule has 0 saturated heterocycles. The molecule has 0 unspecified atom stereocenters. The predicted octanol–water partition coefficient (Wildman–Crippen LogP) is 2.58. The van der Waals surface area contributed by atoms with E-state index >= 15 is 0 Å². The first-order valence-corrected chi connectivity index (χ1v) is 4.01. The number of halogens is 1. The van der Waals surface area contributed by atoms with E-state index in [4.69, 9.17) is 0 Å². The number of hydrogen-bond acceptors (Lipinski definition) is 0. The number of hydrogen-bond donors (Lipinski definition) is 0. The van der Waals surface area contributed by atoms with E-state index in [1.807, 2.05) is 0 Å². The van der Waals surface area contributed by atoms with Crippen LogP contribution in [0.1, 0.15) is 20.3 Å². The molecule has 0 saturated carbocycles. The summed E-state index contributed by atoms with van der Waals surface area (Å²) in [6.07, 6.45) is 3.54. The molecular formula is C7H10ClZr. The standard InChI is InChI=1S/C7H9.ClH.Zr/c1-6-4-3-5-7(6)2;;/h4H,5H2,1-2H3;1H;. The van der Waals surface area contributed by atoms with Gasteiger partial charge in [-0.1, -0.05) is 0 Å². The average molecular weight is 221 g/mol. The van der Waals surface area contributed by atoms with Crippen LogP contribution in [0.4, 0.5) is 0 Å². The van der Waals surface area contributed by atoms with Crippen molar-refractivity contribution in [1.82, 2.24) is 0 Å². The van der Waals surface area contributed by atoms with Crippen LogP contribution in [0.25, 0.3) is 0 Å². The van der Waals surface area contributed by atoms with Gasteiger partial charge in [-0.25, -0.2) is 0 Å². The van der Waals surface area contributed by atoms with Crippen LogP contribution in [-0.4, -0.2) is 0 Å². The van der Waals surface area contributed by atoms with E-state index in [2.05, 4.69) is 19.9 Å². The summed E-state index contributed by atoms with van der Waals surface area (Å²) in [5, 5.41) is 0. The zero-order valence-electron chi connectivity index (χ0n) is 5.69. The Morgan fingerprint density at radius 3 is 2.11 bits per heavy atom. The van der Waals surface area contributed by atoms with Crippen LogP contribution in [0.3, 0.4) is 0 Å². The van der Waals surface area contributed by atoms with Gasteiger partial charge in [0.2, 0.25) is 0 Å². The fourth-order valence-electron chi connectivity index (χ4n) is 0.861. The van der Waals surface area contributed by atoms with Gasteiger partial charge in [-0.3, -0.25) is 0 Å². The van der Waals surface area contributed by atoms with Gasteiger partial charge >= 0.3 is 65.5 Å². The second-order valence-corrected chi connectivity index (χ2v) is 3.89. The fraction of sp³-hybridized carbons (Fsp3) is 0.429. The molecule has 0 fully saturated rings. The molecule has 0 aromatic carbocycles. The monoisotopic (exact) mass is 219 g/mol. The normalized spacial score (nSPS) is 17.2. The molecule has 0 heterocycles. The van der Waals surface area contributed by atoms with Gasteiger partial charge in [0.25, 0.3) is 0 Å². The van der Waals surface area contributed by atoms with Crippen LogP contribution in [-0.2, 0) is 24.7 Å². The van der Waals surface area contributed by atoms with Crippen LogP contribution >= 0.6 is 12.4 Å². The molecule has 0 aliphatic heterocycles. The first-order valence-electron chi connectivity index (χ1n) is 2.78. The Kier molecular flexibility index (Phi) is 4.00. The van der Waals surface area contributed by atoms with Crippen molar-refractivity contribution < 1.29 is 24.7 Å². The van der Waals surface area contributed by atoms with Crippen molar-refractivity contribution in [3.05, 3.63) is 20.5 Å². The van der Waals surface area contributed by atoms with E-state index in [0.717, 1.165) is 0 Å². The molecule has 0 amide bonds. The zero-order valence-corrected chi connectivity index (χ0v) is 8.97. The first-order chi connectivity index (χ1) is 3.70. The quantitative estimate of drug-likeness (QED) is 0.589. The number of allylic oxidation sites excluding steroid dienone is 4. The minimum absolute atomic E-state index is 0. The second kappa shape index (κ2) is 3.73. The van der Waals surface area contributed by atoms with Crippen LogP contribution in [0, 0.1) is 0 Å². The van der Waals surface area contributed by atoms with Crippen LogP contribution < -0.4 is 0 Å². The second-order valence-electron chi connectivity index (χ2n) is 2.31. The Bertz CT molecular complexity index is 168. The molecular weight excluding hydrogens is 211 g/mol. The summed E-state index contributed by atoms with van der Waals surface area (Å²) in [6.45, 7) is 4.40. The van der Waals surface area contributed by atoms with Crippen molar-refractivity contribution in [3.8, 4) is 0 Å². The number of rotatable bonds is 0. The molecule has 0 spiro atoms. The molecule has 1 aliphatic rings. The van der Waals surface area contributed by atoms with Gasteiger partial charge in [-0.15, -0.1) is 12.4 Å². The molecule has 0 bridgehead atoms. The summed E-state index contributed by atoms with van der Waals surface area (Å²) in [5.74, 6) is 0. The Morgan fingerprint density at radius 2 is 2.00 bits per heavy atom. The minimum Gasteiger partial charge on any atom is -0.147 e. The maximum Gasteiger partial charge on any atom is -0.147 e. The summed E-state index contributed by atoms with van der Waals surface area (Å²) in [4.78, 5) is 0. The van der Waals surface area contributed by atoms with Gasteiger partial charge in [-0.05, 0) is 0 Å². The maximum atomic E-state index is 2.30. The largest absolute Gasteiger partial charge is 0.147 e. The van der Waals surface area contributed by atoms with Gasteiger partial charge < -0.3 is 0 Å². The molecule has 0 radical (unpaired) electrons. The molecule has 0 aromatic heterocycles. The SMILES string of the molecule is CC1=C(C)C[C]([Zr])=C1.Cl. The van der Waals surface area contributed by atoms with Gasteiger partial charge in [-0.2, -0.15) is 0 Å². The summed E-state index contributed by atoms with van der Waals surface area (Å²) in [7, 11) is 0. The van der Waals surface area contributed by atoms with Gasteiger partial charge in [0.1, 0.15) is 0 Å². The Labute approximate surface area is 77.7 Å². The van der Waals surface area contributed by atoms with E-state index in [0.29, 0.717) is 0 Å². The van der Waals surface area contributed by atoms with Crippen molar-refractivity contribution >= 4 is 12.4 Å². The molecule has 0 nitrogen and oxygen atoms in total. The Balaban J connectivity index is 0.000000640. The van der Waals surface area contributed by atoms with Crippen molar-refractivity contribution in [2.45, 2.75) is 20.3 Å². The molecule has 0 N–H and O–H groups in total. The smallest absolute Gasteiger partial charge is 0.147 e. The fourth-order valence-corrected chi connectivity index (χ4v) is 2.04. The maximum absolute atomic E-state index is 2.30. The average Bonchev–Trinajstić information content (AvgIpc) is 1.85. The van der Waals surface area contributed by atoms with E-state index < -0.39 is 0 Å². The molecule has 1 aliphatic carbocycles. The van der Waals surface area contributed by atoms with Crippen molar-refractivity contribution in [2.75, 3.05) is 0 Å². The topological polar surface area (TPSA) is 0 Å².